The van der Waals surface area contributed by atoms with E-state index in [1.54, 1.807) is 0 Å². The zero-order valence-electron chi connectivity index (χ0n) is 7.62. The van der Waals surface area contributed by atoms with Gasteiger partial charge in [0.2, 0.25) is 0 Å². The lowest BCUT2D eigenvalue weighted by atomic mass is 10.2. The molecule has 1 aromatic carbocycles. The van der Waals surface area contributed by atoms with E-state index in [-0.39, 0.29) is 24.5 Å². The molecule has 10 heteroatoms. The second-order valence-electron chi connectivity index (χ2n) is 2.74. The van der Waals surface area contributed by atoms with Gasteiger partial charge in [-0.2, -0.15) is 21.6 Å². The van der Waals surface area contributed by atoms with E-state index in [1.807, 2.05) is 0 Å². The van der Waals surface area contributed by atoms with Gasteiger partial charge in [-0.15, -0.1) is 12.4 Å². The van der Waals surface area contributed by atoms with Gasteiger partial charge in [0.25, 0.3) is 10.1 Å². The molecule has 0 spiro atoms. The fourth-order valence-electron chi connectivity index (χ4n) is 0.944. The molecule has 0 radical (unpaired) electrons. The molecule has 0 bridgehead atoms. The van der Waals surface area contributed by atoms with E-state index in [9.17, 15) is 30.4 Å². The summed E-state index contributed by atoms with van der Waals surface area (Å²) in [7, 11) is -5.17. The zero-order valence-corrected chi connectivity index (χ0v) is 9.26. The van der Waals surface area contributed by atoms with Gasteiger partial charge in [0, 0.05) is 6.07 Å². The lowest BCUT2D eigenvalue weighted by molar-refractivity contribution is -0.140. The maximum atomic E-state index is 12.8. The van der Waals surface area contributed by atoms with E-state index in [4.69, 9.17) is 4.55 Å². The van der Waals surface area contributed by atoms with Crippen LogP contribution in [0.1, 0.15) is 5.56 Å². The summed E-state index contributed by atoms with van der Waals surface area (Å²) in [6, 6.07) is -0.564. The van der Waals surface area contributed by atoms with Gasteiger partial charge < -0.3 is 0 Å². The zero-order chi connectivity index (χ0) is 12.7. The monoisotopic (exact) mass is 298 g/mol. The van der Waals surface area contributed by atoms with Crippen LogP contribution in [0.2, 0.25) is 0 Å². The van der Waals surface area contributed by atoms with Crippen LogP contribution in [0.15, 0.2) is 17.0 Å². The number of alkyl halides is 3. The van der Waals surface area contributed by atoms with E-state index >= 15 is 0 Å². The molecule has 1 N–H and O–H groups in total. The van der Waals surface area contributed by atoms with Crippen molar-refractivity contribution in [2.75, 3.05) is 0 Å². The van der Waals surface area contributed by atoms with Crippen molar-refractivity contribution in [3.63, 3.8) is 0 Å². The Morgan fingerprint density at radius 2 is 1.53 bits per heavy atom. The smallest absolute Gasteiger partial charge is 0.282 e. The first-order valence-corrected chi connectivity index (χ1v) is 5.01. The minimum Gasteiger partial charge on any atom is -0.282 e. The molecule has 0 fully saturated rings. The average Bonchev–Trinajstić information content (AvgIpc) is 1.97. The molecule has 17 heavy (non-hydrogen) atoms. The lowest BCUT2D eigenvalue weighted by Crippen LogP contribution is -2.12. The Bertz CT molecular complexity index is 525. The molecule has 0 aliphatic rings. The summed E-state index contributed by atoms with van der Waals surface area (Å²) in [5.74, 6) is -3.76. The minimum atomic E-state index is -5.18. The summed E-state index contributed by atoms with van der Waals surface area (Å²) < 4.78 is 91.1. The van der Waals surface area contributed by atoms with Crippen LogP contribution in [0.4, 0.5) is 22.0 Å². The average molecular weight is 299 g/mol. The second-order valence-corrected chi connectivity index (χ2v) is 4.13. The van der Waals surface area contributed by atoms with Gasteiger partial charge in [-0.25, -0.2) is 8.78 Å². The fraction of sp³-hybridized carbons (Fsp3) is 0.143. The van der Waals surface area contributed by atoms with Gasteiger partial charge in [0.05, 0.1) is 5.56 Å². The van der Waals surface area contributed by atoms with Gasteiger partial charge in [-0.05, 0) is 6.07 Å². The van der Waals surface area contributed by atoms with E-state index < -0.39 is 38.4 Å². The fourth-order valence-corrected chi connectivity index (χ4v) is 1.52. The molecule has 3 nitrogen and oxygen atoms in total. The van der Waals surface area contributed by atoms with Crippen LogP contribution >= 0.6 is 12.4 Å². The van der Waals surface area contributed by atoms with Crippen LogP contribution in [0.25, 0.3) is 0 Å². The van der Waals surface area contributed by atoms with Crippen LogP contribution in [-0.2, 0) is 16.3 Å². The number of hydrogen-bond acceptors (Lipinski definition) is 2. The van der Waals surface area contributed by atoms with Crippen molar-refractivity contribution in [2.45, 2.75) is 11.1 Å². The van der Waals surface area contributed by atoms with E-state index in [0.717, 1.165) is 0 Å². The third kappa shape index (κ3) is 3.51. The SMILES string of the molecule is Cl.O=S(=O)(O)c1cc(C(F)(F)F)c(F)cc1F. The first-order valence-electron chi connectivity index (χ1n) is 3.57. The maximum absolute atomic E-state index is 12.8. The summed E-state index contributed by atoms with van der Waals surface area (Å²) in [5, 5.41) is 0. The molecule has 0 amide bonds. The number of hydrogen-bond donors (Lipinski definition) is 1. The largest absolute Gasteiger partial charge is 0.419 e. The predicted molar refractivity (Wildman–Crippen MR) is 48.4 cm³/mol. The summed E-state index contributed by atoms with van der Waals surface area (Å²) in [6.07, 6.45) is -5.18. The normalized spacial score (nSPS) is 12.1. The Labute approximate surface area is 98.4 Å². The first kappa shape index (κ1) is 16.1. The molecule has 0 aliphatic carbocycles. The highest BCUT2D eigenvalue weighted by molar-refractivity contribution is 7.85. The molecule has 0 saturated carbocycles. The Morgan fingerprint density at radius 1 is 1.06 bits per heavy atom. The molecule has 0 saturated heterocycles. The van der Waals surface area contributed by atoms with Crippen LogP contribution in [0.5, 0.6) is 0 Å². The molecule has 0 atom stereocenters. The molecule has 1 rings (SSSR count). The van der Waals surface area contributed by atoms with Crippen LogP contribution in [0.3, 0.4) is 0 Å². The Kier molecular flexibility index (Phi) is 4.49. The predicted octanol–water partition coefficient (Wildman–Crippen LogP) is 2.65. The van der Waals surface area contributed by atoms with E-state index in [1.165, 1.54) is 0 Å². The van der Waals surface area contributed by atoms with Crippen molar-refractivity contribution in [3.8, 4) is 0 Å². The molecule has 0 aliphatic heterocycles. The Morgan fingerprint density at radius 3 is 1.88 bits per heavy atom. The van der Waals surface area contributed by atoms with Crippen molar-refractivity contribution in [2.24, 2.45) is 0 Å². The van der Waals surface area contributed by atoms with Gasteiger partial charge >= 0.3 is 6.18 Å². The number of rotatable bonds is 1. The van der Waals surface area contributed by atoms with Gasteiger partial charge in [0.15, 0.2) is 0 Å². The van der Waals surface area contributed by atoms with Crippen LogP contribution in [-0.4, -0.2) is 13.0 Å². The third-order valence-electron chi connectivity index (χ3n) is 1.60. The highest BCUT2D eigenvalue weighted by atomic mass is 35.5. The van der Waals surface area contributed by atoms with Crippen LogP contribution < -0.4 is 0 Å². The second kappa shape index (κ2) is 4.75. The van der Waals surface area contributed by atoms with Crippen LogP contribution in [0, 0.1) is 11.6 Å². The van der Waals surface area contributed by atoms with Gasteiger partial charge in [-0.1, -0.05) is 0 Å². The summed E-state index contributed by atoms with van der Waals surface area (Å²) in [4.78, 5) is -1.62. The molecule has 0 heterocycles. The maximum Gasteiger partial charge on any atom is 0.419 e. The van der Waals surface area contributed by atoms with Crippen molar-refractivity contribution in [1.29, 1.82) is 0 Å². The highest BCUT2D eigenvalue weighted by Gasteiger charge is 2.36. The van der Waals surface area contributed by atoms with Gasteiger partial charge in [-0.3, -0.25) is 4.55 Å². The minimum absolute atomic E-state index is 0. The number of halogens is 6. The lowest BCUT2D eigenvalue weighted by Gasteiger charge is -2.09. The summed E-state index contributed by atoms with van der Waals surface area (Å²) in [6.45, 7) is 0. The quantitative estimate of drug-likeness (QED) is 0.640. The molecular formula is C7H4ClF5O3S. The van der Waals surface area contributed by atoms with E-state index in [2.05, 4.69) is 0 Å². The molecule has 1 aromatic rings. The number of benzene rings is 1. The van der Waals surface area contributed by atoms with Crippen molar-refractivity contribution in [3.05, 3.63) is 29.3 Å². The highest BCUT2D eigenvalue weighted by Crippen LogP contribution is 2.33. The molecule has 98 valence electrons. The molecule has 0 unspecified atom stereocenters. The first-order chi connectivity index (χ1) is 7.03. The van der Waals surface area contributed by atoms with Gasteiger partial charge in [0.1, 0.15) is 16.5 Å². The third-order valence-corrected chi connectivity index (χ3v) is 2.47. The molecular weight excluding hydrogens is 295 g/mol. The van der Waals surface area contributed by atoms with Crippen molar-refractivity contribution in [1.82, 2.24) is 0 Å². The summed E-state index contributed by atoms with van der Waals surface area (Å²) >= 11 is 0. The molecule has 0 aromatic heterocycles. The standard InChI is InChI=1S/C7H3F5O3S.ClH/c8-4-2-5(9)6(16(13,14)15)1-3(4)7(10,11)12;/h1-2H,(H,13,14,15);1H. The summed E-state index contributed by atoms with van der Waals surface area (Å²) in [5.41, 5.74) is -1.97. The Hall–Kier alpha value is -0.930. The van der Waals surface area contributed by atoms with Crippen molar-refractivity contribution >= 4 is 22.5 Å². The topological polar surface area (TPSA) is 54.4 Å². The Balaban J connectivity index is 0.00000256. The van der Waals surface area contributed by atoms with Crippen molar-refractivity contribution < 1.29 is 34.9 Å². The van der Waals surface area contributed by atoms with E-state index in [0.29, 0.717) is 0 Å².